The summed E-state index contributed by atoms with van der Waals surface area (Å²) in [5, 5.41) is 20.1. The Kier molecular flexibility index (Phi) is 13.3. The second kappa shape index (κ2) is 19.4. The Bertz CT molecular complexity index is 2560. The molecule has 20 nitrogen and oxygen atoms in total. The summed E-state index contributed by atoms with van der Waals surface area (Å²) in [5.41, 5.74) is 8.38. The number of fused-ring (bicyclic) bond motifs is 5. The van der Waals surface area contributed by atoms with Gasteiger partial charge in [0.1, 0.15) is 41.4 Å². The highest BCUT2D eigenvalue weighted by atomic mass is 16.6. The van der Waals surface area contributed by atoms with Crippen molar-refractivity contribution >= 4 is 47.6 Å². The number of hydrogen-bond acceptors (Lipinski definition) is 13. The molecule has 9 rings (SSSR count). The van der Waals surface area contributed by atoms with Gasteiger partial charge < -0.3 is 60.1 Å². The van der Waals surface area contributed by atoms with E-state index >= 15 is 0 Å². The number of nitrogens with zero attached hydrogens (tertiary/aromatic N) is 4. The number of aromatic amines is 1. The standard InChI is InChI=1S/C49H61N9O11/c1-25(69-48(65)53-28(4)45(61)62)16-19-68-47(64)52-27(3)44(60)58-18-7-9-39(58)42-54-36-21-30(11-15-35(36)49(56-42)23-67-24-49)31-13-14-33(40-32-12-10-29(32)20-34(31)40)37-22-50-41(55-37)38-8-6-17-57(38)43(59)26(2)51-46(63)66-5/h11,13-15,21-22,25-29,32,38-39H,6-10,12,16-20,23-24H2,1-5H3,(H,50,55)(H,51,63)(H,52,64)(H,53,65)(H,54,56)(H,61,62). The highest BCUT2D eigenvalue weighted by molar-refractivity contribution is 6.05. The van der Waals surface area contributed by atoms with Crippen LogP contribution < -0.4 is 21.3 Å². The first kappa shape index (κ1) is 47.4. The van der Waals surface area contributed by atoms with Crippen LogP contribution in [-0.4, -0.2) is 137 Å². The van der Waals surface area contributed by atoms with Crippen LogP contribution in [0.5, 0.6) is 0 Å². The van der Waals surface area contributed by atoms with Crippen molar-refractivity contribution in [3.8, 4) is 22.4 Å². The number of carbonyl (C=O) groups excluding carboxylic acids is 5. The van der Waals surface area contributed by atoms with E-state index in [1.54, 1.807) is 30.6 Å². The number of amidine groups is 1. The van der Waals surface area contributed by atoms with Crippen LogP contribution in [0.2, 0.25) is 0 Å². The molecule has 3 saturated heterocycles. The summed E-state index contributed by atoms with van der Waals surface area (Å²) in [4.78, 5) is 92.2. The van der Waals surface area contributed by atoms with Crippen molar-refractivity contribution in [2.24, 2.45) is 10.9 Å². The molecular weight excluding hydrogens is 891 g/mol. The van der Waals surface area contributed by atoms with Gasteiger partial charge in [0.25, 0.3) is 0 Å². The Hall–Kier alpha value is -6.70. The second-order valence-electron chi connectivity index (χ2n) is 19.2. The van der Waals surface area contributed by atoms with E-state index in [0.29, 0.717) is 50.4 Å². The minimum Gasteiger partial charge on any atom is -0.480 e. The van der Waals surface area contributed by atoms with Gasteiger partial charge in [0.05, 0.1) is 50.9 Å². The summed E-state index contributed by atoms with van der Waals surface area (Å²) in [6.45, 7) is 7.98. The van der Waals surface area contributed by atoms with Gasteiger partial charge in [0.15, 0.2) is 0 Å². The number of alkyl carbamates (subject to hydrolysis) is 3. The van der Waals surface area contributed by atoms with E-state index in [2.05, 4.69) is 56.6 Å². The average molecular weight is 952 g/mol. The number of aliphatic imine (C=N–C) groups is 1. The molecule has 8 unspecified atom stereocenters. The van der Waals surface area contributed by atoms with Gasteiger partial charge in [-0.25, -0.2) is 19.4 Å². The Labute approximate surface area is 399 Å². The molecule has 4 aliphatic heterocycles. The number of aliphatic carboxylic acids is 1. The van der Waals surface area contributed by atoms with E-state index < -0.39 is 54.0 Å². The topological polar surface area (TPSA) is 255 Å². The molecule has 368 valence electrons. The molecule has 1 saturated carbocycles. The normalized spacial score (nSPS) is 23.3. The van der Waals surface area contributed by atoms with Crippen molar-refractivity contribution in [2.45, 2.75) is 127 Å². The largest absolute Gasteiger partial charge is 0.480 e. The fourth-order valence-corrected chi connectivity index (χ4v) is 10.8. The zero-order valence-corrected chi connectivity index (χ0v) is 39.6. The number of aromatic nitrogens is 2. The molecule has 1 aromatic heterocycles. The molecule has 0 radical (unpaired) electrons. The lowest BCUT2D eigenvalue weighted by molar-refractivity contribution is -0.139. The lowest BCUT2D eigenvalue weighted by atomic mass is 9.73. The zero-order valence-electron chi connectivity index (χ0n) is 39.6. The number of carboxylic acids is 1. The second-order valence-corrected chi connectivity index (χ2v) is 19.2. The minimum absolute atomic E-state index is 0.0997. The van der Waals surface area contributed by atoms with Crippen LogP contribution >= 0.6 is 0 Å². The van der Waals surface area contributed by atoms with Gasteiger partial charge in [-0.05, 0) is 113 Å². The number of methoxy groups -OCH3 is 1. The third kappa shape index (κ3) is 9.29. The van der Waals surface area contributed by atoms with Crippen LogP contribution in [0, 0.1) is 5.92 Å². The van der Waals surface area contributed by atoms with Crippen molar-refractivity contribution in [1.29, 1.82) is 0 Å². The Morgan fingerprint density at radius 3 is 2.20 bits per heavy atom. The third-order valence-electron chi connectivity index (χ3n) is 14.7. The molecule has 2 aliphatic carbocycles. The maximum atomic E-state index is 14.0. The van der Waals surface area contributed by atoms with Crippen LogP contribution in [0.4, 0.5) is 20.1 Å². The molecule has 1 spiro atoms. The lowest BCUT2D eigenvalue weighted by Crippen LogP contribution is -2.55. The fraction of sp³-hybridized carbons (Fsp3) is 0.551. The molecule has 69 heavy (non-hydrogen) atoms. The van der Waals surface area contributed by atoms with Crippen molar-refractivity contribution in [3.05, 3.63) is 59.0 Å². The van der Waals surface area contributed by atoms with E-state index in [1.165, 1.54) is 37.1 Å². The first-order valence-electron chi connectivity index (χ1n) is 24.0. The van der Waals surface area contributed by atoms with Crippen LogP contribution in [-0.2, 0) is 45.3 Å². The van der Waals surface area contributed by atoms with Crippen LogP contribution in [0.3, 0.4) is 0 Å². The molecule has 3 aromatic rings. The lowest BCUT2D eigenvalue weighted by Gasteiger charge is -2.44. The summed E-state index contributed by atoms with van der Waals surface area (Å²) in [6.07, 6.45) is 5.36. The van der Waals surface area contributed by atoms with E-state index in [9.17, 15) is 28.8 Å². The monoisotopic (exact) mass is 951 g/mol. The summed E-state index contributed by atoms with van der Waals surface area (Å²) in [5.74, 6) is 0.788. The van der Waals surface area contributed by atoms with Gasteiger partial charge in [-0.15, -0.1) is 0 Å². The predicted molar refractivity (Wildman–Crippen MR) is 250 cm³/mol. The van der Waals surface area contributed by atoms with Crippen LogP contribution in [0.25, 0.3) is 22.4 Å². The number of hydrogen-bond donors (Lipinski definition) is 6. The zero-order chi connectivity index (χ0) is 48.7. The number of rotatable bonds is 14. The summed E-state index contributed by atoms with van der Waals surface area (Å²) in [6, 6.07) is 7.59. The summed E-state index contributed by atoms with van der Waals surface area (Å²) in [7, 11) is 1.27. The first-order chi connectivity index (χ1) is 33.1. The maximum Gasteiger partial charge on any atom is 0.408 e. The molecule has 6 N–H and O–H groups in total. The molecule has 4 fully saturated rings. The molecule has 6 aliphatic rings. The van der Waals surface area contributed by atoms with Crippen molar-refractivity contribution in [3.63, 3.8) is 0 Å². The minimum atomic E-state index is -1.20. The van der Waals surface area contributed by atoms with Gasteiger partial charge in [-0.3, -0.25) is 19.4 Å². The fourth-order valence-electron chi connectivity index (χ4n) is 10.8. The number of carboxylic acid groups (broad SMARTS) is 1. The number of anilines is 1. The van der Waals surface area contributed by atoms with Gasteiger partial charge in [0.2, 0.25) is 11.8 Å². The van der Waals surface area contributed by atoms with Crippen molar-refractivity contribution in [2.75, 3.05) is 45.3 Å². The highest BCUT2D eigenvalue weighted by Gasteiger charge is 2.48. The van der Waals surface area contributed by atoms with E-state index in [4.69, 9.17) is 34.0 Å². The Morgan fingerprint density at radius 2 is 1.54 bits per heavy atom. The molecule has 8 atom stereocenters. The van der Waals surface area contributed by atoms with Crippen molar-refractivity contribution in [1.82, 2.24) is 35.7 Å². The summed E-state index contributed by atoms with van der Waals surface area (Å²) < 4.78 is 20.9. The summed E-state index contributed by atoms with van der Waals surface area (Å²) >= 11 is 0. The van der Waals surface area contributed by atoms with Crippen LogP contribution in [0.15, 0.2) is 41.5 Å². The Morgan fingerprint density at radius 1 is 0.855 bits per heavy atom. The van der Waals surface area contributed by atoms with Gasteiger partial charge >= 0.3 is 24.2 Å². The van der Waals surface area contributed by atoms with Gasteiger partial charge in [0, 0.05) is 36.3 Å². The van der Waals surface area contributed by atoms with Gasteiger partial charge in [-0.1, -0.05) is 24.3 Å². The first-order valence-corrected chi connectivity index (χ1v) is 24.0. The van der Waals surface area contributed by atoms with Crippen LogP contribution in [0.1, 0.15) is 107 Å². The average Bonchev–Trinajstić information content (AvgIpc) is 4.14. The highest BCUT2D eigenvalue weighted by Crippen LogP contribution is 2.56. The quantitative estimate of drug-likeness (QED) is 0.112. The smallest absolute Gasteiger partial charge is 0.408 e. The number of amides is 5. The number of H-pyrrole nitrogens is 1. The maximum absolute atomic E-state index is 14.0. The molecule has 5 heterocycles. The van der Waals surface area contributed by atoms with Crippen molar-refractivity contribution < 1.29 is 52.8 Å². The molecule has 0 bridgehead atoms. The predicted octanol–water partition coefficient (Wildman–Crippen LogP) is 5.33. The van der Waals surface area contributed by atoms with E-state index in [1.807, 2.05) is 6.20 Å². The van der Waals surface area contributed by atoms with Gasteiger partial charge in [-0.2, -0.15) is 0 Å². The number of likely N-dealkylation sites (tertiary alicyclic amines) is 2. The number of imidazole rings is 1. The number of ether oxygens (including phenoxy) is 4. The van der Waals surface area contributed by atoms with E-state index in [-0.39, 0.29) is 36.9 Å². The number of benzene rings is 2. The molecule has 2 aromatic carbocycles. The SMILES string of the molecule is COC(=O)NC(C)C(=O)N1CCCC1c1ncc(-c2ccc(-c3ccc4c(c3)NC(C3CCCN3C(=O)C(C)NC(=O)OCCC(C)OC(=O)NC(C)C(=O)O)=NC43COC3)c3c2C2CCC2C3)[nH]1. The third-order valence-corrected chi connectivity index (χ3v) is 14.7. The van der Waals surface area contributed by atoms with E-state index in [0.717, 1.165) is 66.0 Å². The number of nitrogens with one attached hydrogen (secondary N) is 5. The molecule has 20 heteroatoms. The molecule has 5 amide bonds. The number of carbonyl (C=O) groups is 6. The molecular formula is C49H61N9O11. The Balaban J connectivity index is 0.884.